The van der Waals surface area contributed by atoms with E-state index >= 15 is 0 Å². The highest BCUT2D eigenvalue weighted by Gasteiger charge is 2.24. The summed E-state index contributed by atoms with van der Waals surface area (Å²) in [7, 11) is 0. The van der Waals surface area contributed by atoms with Gasteiger partial charge in [0.05, 0.1) is 36.8 Å². The molecule has 1 N–H and O–H groups in total. The van der Waals surface area contributed by atoms with Crippen molar-refractivity contribution in [3.05, 3.63) is 17.6 Å². The summed E-state index contributed by atoms with van der Waals surface area (Å²) in [5, 5.41) is 3.37. The van der Waals surface area contributed by atoms with Gasteiger partial charge in [-0.15, -0.1) is 0 Å². The van der Waals surface area contributed by atoms with Crippen LogP contribution in [-0.4, -0.2) is 48.9 Å². The molecule has 1 aliphatic heterocycles. The van der Waals surface area contributed by atoms with Gasteiger partial charge >= 0.3 is 0 Å². The van der Waals surface area contributed by atoms with E-state index in [4.69, 9.17) is 4.74 Å². The second kappa shape index (κ2) is 6.11. The summed E-state index contributed by atoms with van der Waals surface area (Å²) in [5.74, 6) is 0.962. The van der Waals surface area contributed by atoms with Gasteiger partial charge in [-0.2, -0.15) is 0 Å². The van der Waals surface area contributed by atoms with Crippen LogP contribution < -0.4 is 10.2 Å². The number of ether oxygens (including phenoxy) is 1. The molecular weight excluding hydrogens is 228 g/mol. The van der Waals surface area contributed by atoms with Crippen molar-refractivity contribution in [2.24, 2.45) is 0 Å². The van der Waals surface area contributed by atoms with Crippen molar-refractivity contribution in [1.82, 2.24) is 15.3 Å². The van der Waals surface area contributed by atoms with Gasteiger partial charge in [0.1, 0.15) is 5.82 Å². The Morgan fingerprint density at radius 2 is 2.28 bits per heavy atom. The summed E-state index contributed by atoms with van der Waals surface area (Å²) in [4.78, 5) is 11.3. The maximum absolute atomic E-state index is 5.55. The standard InChI is InChI=1S/C13H22N4O/c1-4-14-7-12-9-18-6-5-17(12)13-8-15-10(2)11(3)16-13/h8,12,14H,4-7,9H2,1-3H3. The van der Waals surface area contributed by atoms with Crippen molar-refractivity contribution in [3.63, 3.8) is 0 Å². The molecule has 1 atom stereocenters. The van der Waals surface area contributed by atoms with E-state index in [-0.39, 0.29) is 0 Å². The molecule has 0 amide bonds. The molecule has 0 spiro atoms. The number of nitrogens with one attached hydrogen (secondary N) is 1. The zero-order valence-electron chi connectivity index (χ0n) is 11.4. The first kappa shape index (κ1) is 13.2. The Morgan fingerprint density at radius 3 is 3.00 bits per heavy atom. The predicted molar refractivity (Wildman–Crippen MR) is 72.0 cm³/mol. The highest BCUT2D eigenvalue weighted by Crippen LogP contribution is 2.17. The number of anilines is 1. The predicted octanol–water partition coefficient (Wildman–Crippen LogP) is 0.908. The van der Waals surface area contributed by atoms with Gasteiger partial charge in [-0.1, -0.05) is 6.92 Å². The number of aromatic nitrogens is 2. The maximum atomic E-state index is 5.55. The normalized spacial score (nSPS) is 20.2. The minimum absolute atomic E-state index is 0.343. The first-order chi connectivity index (χ1) is 8.72. The SMILES string of the molecule is CCNCC1COCCN1c1cnc(C)c(C)n1. The number of likely N-dealkylation sites (N-methyl/N-ethyl adjacent to an activating group) is 1. The lowest BCUT2D eigenvalue weighted by Crippen LogP contribution is -2.51. The van der Waals surface area contributed by atoms with E-state index in [0.29, 0.717) is 6.04 Å². The van der Waals surface area contributed by atoms with E-state index in [9.17, 15) is 0 Å². The molecule has 1 saturated heterocycles. The smallest absolute Gasteiger partial charge is 0.147 e. The highest BCUT2D eigenvalue weighted by atomic mass is 16.5. The number of morpholine rings is 1. The van der Waals surface area contributed by atoms with E-state index in [0.717, 1.165) is 50.1 Å². The fraction of sp³-hybridized carbons (Fsp3) is 0.692. The summed E-state index contributed by atoms with van der Waals surface area (Å²) in [6.07, 6.45) is 1.87. The number of hydrogen-bond donors (Lipinski definition) is 1. The van der Waals surface area contributed by atoms with Crippen molar-refractivity contribution in [2.75, 3.05) is 37.7 Å². The average molecular weight is 250 g/mol. The van der Waals surface area contributed by atoms with E-state index in [2.05, 4.69) is 27.1 Å². The highest BCUT2D eigenvalue weighted by molar-refractivity contribution is 5.39. The van der Waals surface area contributed by atoms with Crippen LogP contribution >= 0.6 is 0 Å². The van der Waals surface area contributed by atoms with Gasteiger partial charge < -0.3 is 15.0 Å². The van der Waals surface area contributed by atoms with E-state index < -0.39 is 0 Å². The quantitative estimate of drug-likeness (QED) is 0.860. The molecule has 0 aromatic carbocycles. The van der Waals surface area contributed by atoms with Gasteiger partial charge in [0, 0.05) is 13.1 Å². The molecule has 0 saturated carbocycles. The Morgan fingerprint density at radius 1 is 1.44 bits per heavy atom. The van der Waals surface area contributed by atoms with Crippen LogP contribution in [-0.2, 0) is 4.74 Å². The third-order valence-corrected chi connectivity index (χ3v) is 3.33. The number of hydrogen-bond acceptors (Lipinski definition) is 5. The van der Waals surface area contributed by atoms with Crippen LogP contribution in [0.25, 0.3) is 0 Å². The lowest BCUT2D eigenvalue weighted by molar-refractivity contribution is 0.0934. The molecule has 100 valence electrons. The van der Waals surface area contributed by atoms with Crippen molar-refractivity contribution >= 4 is 5.82 Å². The summed E-state index contributed by atoms with van der Waals surface area (Å²) < 4.78 is 5.55. The molecule has 1 aliphatic rings. The lowest BCUT2D eigenvalue weighted by atomic mass is 10.2. The number of aryl methyl sites for hydroxylation is 2. The Labute approximate surface area is 109 Å². The lowest BCUT2D eigenvalue weighted by Gasteiger charge is -2.36. The Hall–Kier alpha value is -1.20. The Balaban J connectivity index is 2.14. The first-order valence-corrected chi connectivity index (χ1v) is 6.57. The van der Waals surface area contributed by atoms with Crippen LogP contribution in [0.4, 0.5) is 5.82 Å². The average Bonchev–Trinajstić information content (AvgIpc) is 2.40. The summed E-state index contributed by atoms with van der Waals surface area (Å²) >= 11 is 0. The number of rotatable bonds is 4. The van der Waals surface area contributed by atoms with Gasteiger partial charge in [0.25, 0.3) is 0 Å². The molecule has 5 heteroatoms. The third-order valence-electron chi connectivity index (χ3n) is 3.33. The van der Waals surface area contributed by atoms with Crippen molar-refractivity contribution in [1.29, 1.82) is 0 Å². The molecule has 1 unspecified atom stereocenters. The molecule has 1 fully saturated rings. The zero-order valence-corrected chi connectivity index (χ0v) is 11.4. The number of nitrogens with zero attached hydrogens (tertiary/aromatic N) is 3. The Kier molecular flexibility index (Phi) is 4.49. The first-order valence-electron chi connectivity index (χ1n) is 6.57. The molecule has 1 aromatic heterocycles. The van der Waals surface area contributed by atoms with Gasteiger partial charge in [0.2, 0.25) is 0 Å². The second-order valence-electron chi connectivity index (χ2n) is 4.63. The molecular formula is C13H22N4O. The minimum Gasteiger partial charge on any atom is -0.377 e. The molecule has 2 rings (SSSR count). The van der Waals surface area contributed by atoms with Gasteiger partial charge in [0.15, 0.2) is 0 Å². The van der Waals surface area contributed by atoms with E-state index in [1.54, 1.807) is 0 Å². The fourth-order valence-corrected chi connectivity index (χ4v) is 2.10. The zero-order chi connectivity index (χ0) is 13.0. The summed E-state index contributed by atoms with van der Waals surface area (Å²) in [6.45, 7) is 10.4. The third kappa shape index (κ3) is 2.97. The van der Waals surface area contributed by atoms with Gasteiger partial charge in [-0.05, 0) is 20.4 Å². The van der Waals surface area contributed by atoms with Crippen LogP contribution in [0.5, 0.6) is 0 Å². The summed E-state index contributed by atoms with van der Waals surface area (Å²) in [5.41, 5.74) is 2.00. The molecule has 5 nitrogen and oxygen atoms in total. The van der Waals surface area contributed by atoms with E-state index in [1.165, 1.54) is 0 Å². The molecule has 0 radical (unpaired) electrons. The fourth-order valence-electron chi connectivity index (χ4n) is 2.10. The van der Waals surface area contributed by atoms with Crippen LogP contribution in [0.15, 0.2) is 6.20 Å². The van der Waals surface area contributed by atoms with Crippen LogP contribution in [0.2, 0.25) is 0 Å². The van der Waals surface area contributed by atoms with Crippen molar-refractivity contribution in [3.8, 4) is 0 Å². The maximum Gasteiger partial charge on any atom is 0.147 e. The second-order valence-corrected chi connectivity index (χ2v) is 4.63. The molecule has 0 bridgehead atoms. The van der Waals surface area contributed by atoms with Crippen LogP contribution in [0.3, 0.4) is 0 Å². The van der Waals surface area contributed by atoms with E-state index in [1.807, 2.05) is 20.0 Å². The Bertz CT molecular complexity index is 397. The monoisotopic (exact) mass is 250 g/mol. The topological polar surface area (TPSA) is 50.3 Å². The van der Waals surface area contributed by atoms with Crippen LogP contribution in [0, 0.1) is 13.8 Å². The van der Waals surface area contributed by atoms with Crippen LogP contribution in [0.1, 0.15) is 18.3 Å². The molecule has 18 heavy (non-hydrogen) atoms. The van der Waals surface area contributed by atoms with Crippen molar-refractivity contribution in [2.45, 2.75) is 26.8 Å². The van der Waals surface area contributed by atoms with Gasteiger partial charge in [-0.3, -0.25) is 4.98 Å². The molecule has 2 heterocycles. The largest absolute Gasteiger partial charge is 0.377 e. The molecule has 0 aliphatic carbocycles. The van der Waals surface area contributed by atoms with Crippen molar-refractivity contribution < 1.29 is 4.74 Å². The summed E-state index contributed by atoms with van der Waals surface area (Å²) in [6, 6.07) is 0.343. The molecule has 1 aromatic rings. The minimum atomic E-state index is 0.343. The van der Waals surface area contributed by atoms with Gasteiger partial charge in [-0.25, -0.2) is 4.98 Å².